The molecule has 140 valence electrons. The van der Waals surface area contributed by atoms with E-state index in [1.54, 1.807) is 5.57 Å². The number of esters is 1. The molecule has 7 atom stereocenters. The maximum atomic E-state index is 11.3. The molecule has 0 aromatic heterocycles. The summed E-state index contributed by atoms with van der Waals surface area (Å²) in [6, 6.07) is 0. The van der Waals surface area contributed by atoms with Gasteiger partial charge in [0.25, 0.3) is 0 Å². The highest BCUT2D eigenvalue weighted by Gasteiger charge is 2.62. The highest BCUT2D eigenvalue weighted by atomic mass is 16.5. The third kappa shape index (κ3) is 2.44. The Morgan fingerprint density at radius 3 is 2.52 bits per heavy atom. The molecule has 0 aliphatic heterocycles. The van der Waals surface area contributed by atoms with E-state index in [0.717, 1.165) is 43.9 Å². The maximum absolute atomic E-state index is 11.3. The summed E-state index contributed by atoms with van der Waals surface area (Å²) in [6.45, 7) is 8.41. The van der Waals surface area contributed by atoms with Gasteiger partial charge in [0.2, 0.25) is 0 Å². The summed E-state index contributed by atoms with van der Waals surface area (Å²) < 4.78 is 5.49. The van der Waals surface area contributed by atoms with Crippen LogP contribution in [0.25, 0.3) is 0 Å². The quantitative estimate of drug-likeness (QED) is 0.556. The van der Waals surface area contributed by atoms with E-state index in [1.807, 2.05) is 0 Å². The third-order valence-electron chi connectivity index (χ3n) is 8.95. The molecule has 0 radical (unpaired) electrons. The molecule has 0 heterocycles. The summed E-state index contributed by atoms with van der Waals surface area (Å²) in [4.78, 5) is 11.3. The zero-order chi connectivity index (χ0) is 18.0. The third-order valence-corrected chi connectivity index (χ3v) is 8.95. The van der Waals surface area contributed by atoms with Crippen LogP contribution in [0.3, 0.4) is 0 Å². The van der Waals surface area contributed by atoms with Gasteiger partial charge in [0.05, 0.1) is 5.60 Å². The second-order valence-corrected chi connectivity index (χ2v) is 9.98. The number of allylic oxidation sites excluding steroid dienone is 1. The first-order valence-electron chi connectivity index (χ1n) is 10.3. The van der Waals surface area contributed by atoms with Crippen molar-refractivity contribution in [3.8, 4) is 0 Å². The number of fused-ring (bicyclic) bond motifs is 5. The maximum Gasteiger partial charge on any atom is 0.303 e. The fourth-order valence-electron chi connectivity index (χ4n) is 7.25. The van der Waals surface area contributed by atoms with Crippen LogP contribution in [0.1, 0.15) is 79.1 Å². The molecule has 0 bridgehead atoms. The Morgan fingerprint density at radius 2 is 1.80 bits per heavy atom. The molecule has 0 amide bonds. The summed E-state index contributed by atoms with van der Waals surface area (Å²) in [7, 11) is 0. The van der Waals surface area contributed by atoms with Gasteiger partial charge in [-0.3, -0.25) is 4.79 Å². The van der Waals surface area contributed by atoms with Crippen LogP contribution in [-0.4, -0.2) is 22.8 Å². The van der Waals surface area contributed by atoms with Crippen molar-refractivity contribution >= 4 is 5.97 Å². The van der Waals surface area contributed by atoms with Crippen LogP contribution in [0.2, 0.25) is 0 Å². The van der Waals surface area contributed by atoms with Gasteiger partial charge in [0.15, 0.2) is 0 Å². The standard InChI is InChI=1S/C22H34O3/c1-14(23)25-16-7-10-20(2)15(13-16)5-6-17-18(20)8-11-21(3)19(17)9-12-22(21,4)24/h13,16-19,24H,5-12H2,1-4H3/t16?,17-,18+,19+,20+,21+,22?/m1/s1. The average Bonchev–Trinajstić information content (AvgIpc) is 2.77. The predicted octanol–water partition coefficient (Wildman–Crippen LogP) is 4.63. The highest BCUT2D eigenvalue weighted by molar-refractivity contribution is 5.66. The van der Waals surface area contributed by atoms with E-state index < -0.39 is 5.60 Å². The lowest BCUT2D eigenvalue weighted by atomic mass is 9.46. The smallest absolute Gasteiger partial charge is 0.303 e. The SMILES string of the molecule is CC(=O)OC1C=C2CC[C@@H]3[C@H](CC[C@@]4(C)[C@H]3CCC4(C)O)[C@@]2(C)CC1. The molecule has 3 nitrogen and oxygen atoms in total. The van der Waals surface area contributed by atoms with Crippen molar-refractivity contribution in [2.24, 2.45) is 28.6 Å². The zero-order valence-corrected chi connectivity index (χ0v) is 16.3. The first kappa shape index (κ1) is 17.6. The minimum atomic E-state index is -0.493. The molecule has 25 heavy (non-hydrogen) atoms. The largest absolute Gasteiger partial charge is 0.458 e. The van der Waals surface area contributed by atoms with Gasteiger partial charge in [0.1, 0.15) is 6.10 Å². The van der Waals surface area contributed by atoms with Crippen LogP contribution in [-0.2, 0) is 9.53 Å². The molecule has 4 aliphatic rings. The van der Waals surface area contributed by atoms with Gasteiger partial charge in [-0.1, -0.05) is 19.4 Å². The van der Waals surface area contributed by atoms with Gasteiger partial charge in [0, 0.05) is 6.92 Å². The van der Waals surface area contributed by atoms with Gasteiger partial charge >= 0.3 is 5.97 Å². The second kappa shape index (κ2) is 5.58. The van der Waals surface area contributed by atoms with Crippen molar-refractivity contribution in [3.05, 3.63) is 11.6 Å². The van der Waals surface area contributed by atoms with E-state index in [-0.39, 0.29) is 22.9 Å². The Balaban J connectivity index is 1.61. The number of carbonyl (C=O) groups excluding carboxylic acids is 1. The minimum Gasteiger partial charge on any atom is -0.458 e. The summed E-state index contributed by atoms with van der Waals surface area (Å²) in [5.41, 5.74) is 1.42. The zero-order valence-electron chi connectivity index (χ0n) is 16.3. The lowest BCUT2D eigenvalue weighted by molar-refractivity contribution is -0.146. The number of hydrogen-bond donors (Lipinski definition) is 1. The summed E-state index contributed by atoms with van der Waals surface area (Å²) in [5.74, 6) is 1.99. The molecular weight excluding hydrogens is 312 g/mol. The van der Waals surface area contributed by atoms with Gasteiger partial charge in [-0.25, -0.2) is 0 Å². The van der Waals surface area contributed by atoms with Crippen molar-refractivity contribution in [1.82, 2.24) is 0 Å². The normalized spacial score (nSPS) is 51.8. The Hall–Kier alpha value is -0.830. The first-order chi connectivity index (χ1) is 11.7. The van der Waals surface area contributed by atoms with Crippen LogP contribution in [0.15, 0.2) is 11.6 Å². The Bertz CT molecular complexity index is 606. The number of rotatable bonds is 1. The number of aliphatic hydroxyl groups is 1. The molecule has 1 N–H and O–H groups in total. The van der Waals surface area contributed by atoms with Gasteiger partial charge in [-0.05, 0) is 93.0 Å². The van der Waals surface area contributed by atoms with Crippen LogP contribution in [0, 0.1) is 28.6 Å². The fraction of sp³-hybridized carbons (Fsp3) is 0.864. The van der Waals surface area contributed by atoms with E-state index in [4.69, 9.17) is 4.74 Å². The molecule has 0 saturated heterocycles. The molecule has 0 spiro atoms. The Labute approximate surface area is 152 Å². The Morgan fingerprint density at radius 1 is 1.08 bits per heavy atom. The van der Waals surface area contributed by atoms with E-state index in [0.29, 0.717) is 5.92 Å². The molecule has 3 saturated carbocycles. The molecule has 0 aromatic carbocycles. The summed E-state index contributed by atoms with van der Waals surface area (Å²) in [6.07, 6.45) is 11.3. The molecule has 4 aliphatic carbocycles. The van der Waals surface area contributed by atoms with E-state index in [2.05, 4.69) is 26.8 Å². The van der Waals surface area contributed by atoms with Crippen molar-refractivity contribution in [2.45, 2.75) is 90.8 Å². The van der Waals surface area contributed by atoms with Crippen molar-refractivity contribution in [3.63, 3.8) is 0 Å². The predicted molar refractivity (Wildman–Crippen MR) is 97.9 cm³/mol. The molecule has 3 heteroatoms. The topological polar surface area (TPSA) is 46.5 Å². The van der Waals surface area contributed by atoms with Crippen LogP contribution < -0.4 is 0 Å². The number of ether oxygens (including phenoxy) is 1. The molecular formula is C22H34O3. The summed E-state index contributed by atoms with van der Waals surface area (Å²) >= 11 is 0. The lowest BCUT2D eigenvalue weighted by Crippen LogP contribution is -2.54. The van der Waals surface area contributed by atoms with Crippen LogP contribution in [0.4, 0.5) is 0 Å². The molecule has 0 aromatic rings. The van der Waals surface area contributed by atoms with E-state index in [9.17, 15) is 9.90 Å². The van der Waals surface area contributed by atoms with Gasteiger partial charge in [-0.15, -0.1) is 0 Å². The highest BCUT2D eigenvalue weighted by Crippen LogP contribution is 2.67. The van der Waals surface area contributed by atoms with Crippen molar-refractivity contribution in [2.75, 3.05) is 0 Å². The first-order valence-corrected chi connectivity index (χ1v) is 10.3. The number of carbonyl (C=O) groups is 1. The Kier molecular flexibility index (Phi) is 3.92. The average molecular weight is 347 g/mol. The fourth-order valence-corrected chi connectivity index (χ4v) is 7.25. The lowest BCUT2D eigenvalue weighted by Gasteiger charge is -2.59. The molecule has 2 unspecified atom stereocenters. The molecule has 4 rings (SSSR count). The number of hydrogen-bond acceptors (Lipinski definition) is 3. The second-order valence-electron chi connectivity index (χ2n) is 9.98. The van der Waals surface area contributed by atoms with Crippen molar-refractivity contribution in [1.29, 1.82) is 0 Å². The van der Waals surface area contributed by atoms with E-state index in [1.165, 1.54) is 26.2 Å². The van der Waals surface area contributed by atoms with Crippen LogP contribution in [0.5, 0.6) is 0 Å². The van der Waals surface area contributed by atoms with Crippen molar-refractivity contribution < 1.29 is 14.6 Å². The summed E-state index contributed by atoms with van der Waals surface area (Å²) in [5, 5.41) is 11.0. The van der Waals surface area contributed by atoms with Gasteiger partial charge in [-0.2, -0.15) is 0 Å². The molecule has 3 fully saturated rings. The van der Waals surface area contributed by atoms with E-state index >= 15 is 0 Å². The van der Waals surface area contributed by atoms with Gasteiger partial charge < -0.3 is 9.84 Å². The monoisotopic (exact) mass is 346 g/mol. The minimum absolute atomic E-state index is 0.0156. The van der Waals surface area contributed by atoms with Crippen LogP contribution >= 0.6 is 0 Å².